The van der Waals surface area contributed by atoms with E-state index in [2.05, 4.69) is 19.9 Å². The van der Waals surface area contributed by atoms with Gasteiger partial charge < -0.3 is 4.90 Å². The predicted octanol–water partition coefficient (Wildman–Crippen LogP) is 3.66. The minimum atomic E-state index is -3.81. The van der Waals surface area contributed by atoms with Crippen LogP contribution in [0.4, 0.5) is 20.3 Å². The molecule has 0 radical (unpaired) electrons. The summed E-state index contributed by atoms with van der Waals surface area (Å²) in [4.78, 5) is 19.1. The summed E-state index contributed by atoms with van der Waals surface area (Å²) < 4.78 is 55.3. The Balaban J connectivity index is 1.92. The number of hydrogen-bond acceptors (Lipinski definition) is 6. The highest BCUT2D eigenvalue weighted by Gasteiger charge is 2.23. The minimum absolute atomic E-state index is 0.224. The SMILES string of the molecule is CCCS(=O)(=O)Nc1ccc(F)c(C(=O)Cc2cnc3[nH]nc(N(CC)CC)c3c2)c1F. The van der Waals surface area contributed by atoms with Crippen LogP contribution in [0.3, 0.4) is 0 Å². The molecule has 0 bridgehead atoms. The number of ketones is 1. The molecule has 0 unspecified atom stereocenters. The second kappa shape index (κ2) is 9.60. The molecule has 2 N–H and O–H groups in total. The maximum Gasteiger partial charge on any atom is 0.232 e. The van der Waals surface area contributed by atoms with E-state index in [4.69, 9.17) is 0 Å². The Hall–Kier alpha value is -3.08. The van der Waals surface area contributed by atoms with Crippen molar-refractivity contribution < 1.29 is 22.0 Å². The van der Waals surface area contributed by atoms with E-state index in [-0.39, 0.29) is 12.2 Å². The van der Waals surface area contributed by atoms with E-state index in [0.29, 0.717) is 28.8 Å². The fourth-order valence-corrected chi connectivity index (χ4v) is 4.57. The predicted molar refractivity (Wildman–Crippen MR) is 120 cm³/mol. The molecular formula is C21H25F2N5O3S. The summed E-state index contributed by atoms with van der Waals surface area (Å²) in [7, 11) is -3.81. The average molecular weight is 466 g/mol. The van der Waals surface area contributed by atoms with Gasteiger partial charge in [0, 0.05) is 25.7 Å². The van der Waals surface area contributed by atoms with Crippen molar-refractivity contribution in [3.63, 3.8) is 0 Å². The molecule has 2 aromatic heterocycles. The third-order valence-electron chi connectivity index (χ3n) is 4.99. The Bertz CT molecular complexity index is 1240. The van der Waals surface area contributed by atoms with Crippen LogP contribution in [0.25, 0.3) is 11.0 Å². The van der Waals surface area contributed by atoms with E-state index in [9.17, 15) is 22.0 Å². The molecule has 0 amide bonds. The van der Waals surface area contributed by atoms with Crippen LogP contribution in [0.5, 0.6) is 0 Å². The van der Waals surface area contributed by atoms with Crippen LogP contribution in [-0.4, -0.2) is 48.2 Å². The average Bonchev–Trinajstić information content (AvgIpc) is 3.14. The lowest BCUT2D eigenvalue weighted by Gasteiger charge is -2.17. The molecule has 0 aliphatic carbocycles. The van der Waals surface area contributed by atoms with Gasteiger partial charge in [-0.15, -0.1) is 0 Å². The van der Waals surface area contributed by atoms with Gasteiger partial charge in [0.1, 0.15) is 5.82 Å². The van der Waals surface area contributed by atoms with Crippen molar-refractivity contribution in [2.75, 3.05) is 28.5 Å². The number of sulfonamides is 1. The first-order valence-electron chi connectivity index (χ1n) is 10.3. The fourth-order valence-electron chi connectivity index (χ4n) is 3.44. The zero-order valence-corrected chi connectivity index (χ0v) is 18.9. The number of halogens is 2. The first-order chi connectivity index (χ1) is 15.2. The molecule has 0 atom stereocenters. The monoisotopic (exact) mass is 465 g/mol. The number of nitrogens with zero attached hydrogens (tertiary/aromatic N) is 3. The van der Waals surface area contributed by atoms with Crippen LogP contribution in [0.1, 0.15) is 43.1 Å². The van der Waals surface area contributed by atoms with Crippen molar-refractivity contribution >= 4 is 38.3 Å². The first-order valence-corrected chi connectivity index (χ1v) is 12.0. The maximum atomic E-state index is 14.9. The molecule has 3 rings (SSSR count). The molecule has 0 fully saturated rings. The standard InChI is InChI=1S/C21H25F2N5O3S/c1-4-9-32(30,31)27-16-8-7-15(22)18(19(16)23)17(29)11-13-10-14-20(24-12-13)25-26-21(14)28(5-2)6-3/h7-8,10,12,27H,4-6,9,11H2,1-3H3,(H,24,25,26). The molecule has 32 heavy (non-hydrogen) atoms. The van der Waals surface area contributed by atoms with Crippen molar-refractivity contribution in [1.82, 2.24) is 15.2 Å². The summed E-state index contributed by atoms with van der Waals surface area (Å²) in [6, 6.07) is 3.54. The van der Waals surface area contributed by atoms with E-state index in [1.807, 2.05) is 18.7 Å². The summed E-state index contributed by atoms with van der Waals surface area (Å²) in [5.74, 6) is -2.68. The lowest BCUT2D eigenvalue weighted by atomic mass is 10.0. The molecule has 0 spiro atoms. The molecule has 0 saturated heterocycles. The number of rotatable bonds is 10. The lowest BCUT2D eigenvalue weighted by molar-refractivity contribution is 0.0985. The summed E-state index contributed by atoms with van der Waals surface area (Å²) in [6.07, 6.45) is 1.45. The van der Waals surface area contributed by atoms with E-state index in [1.54, 1.807) is 13.0 Å². The Morgan fingerprint density at radius 1 is 1.19 bits per heavy atom. The van der Waals surface area contributed by atoms with Crippen LogP contribution < -0.4 is 9.62 Å². The van der Waals surface area contributed by atoms with Crippen LogP contribution in [0, 0.1) is 11.6 Å². The number of nitrogens with one attached hydrogen (secondary N) is 2. The number of H-pyrrole nitrogens is 1. The Labute approximate surface area is 185 Å². The van der Waals surface area contributed by atoms with E-state index >= 15 is 0 Å². The number of aromatic nitrogens is 3. The van der Waals surface area contributed by atoms with E-state index in [0.717, 1.165) is 25.2 Å². The first kappa shape index (κ1) is 23.6. The maximum absolute atomic E-state index is 14.9. The summed E-state index contributed by atoms with van der Waals surface area (Å²) in [5.41, 5.74) is -0.269. The highest BCUT2D eigenvalue weighted by molar-refractivity contribution is 7.92. The third-order valence-corrected chi connectivity index (χ3v) is 6.47. The molecular weight excluding hydrogens is 440 g/mol. The second-order valence-corrected chi connectivity index (χ2v) is 9.11. The van der Waals surface area contributed by atoms with Gasteiger partial charge in [-0.3, -0.25) is 14.6 Å². The van der Waals surface area contributed by atoms with Crippen molar-refractivity contribution in [3.05, 3.63) is 47.2 Å². The largest absolute Gasteiger partial charge is 0.355 e. The van der Waals surface area contributed by atoms with Crippen molar-refractivity contribution in [2.24, 2.45) is 0 Å². The van der Waals surface area contributed by atoms with Gasteiger partial charge in [-0.05, 0) is 44.0 Å². The van der Waals surface area contributed by atoms with Gasteiger partial charge in [0.15, 0.2) is 23.1 Å². The Kier molecular flexibility index (Phi) is 7.07. The quantitative estimate of drug-likeness (QED) is 0.443. The number of aromatic amines is 1. The highest BCUT2D eigenvalue weighted by Crippen LogP contribution is 2.26. The normalized spacial score (nSPS) is 11.7. The van der Waals surface area contributed by atoms with Gasteiger partial charge in [-0.1, -0.05) is 6.92 Å². The molecule has 0 aliphatic heterocycles. The van der Waals surface area contributed by atoms with Crippen LogP contribution in [0.15, 0.2) is 24.4 Å². The molecule has 172 valence electrons. The van der Waals surface area contributed by atoms with Gasteiger partial charge >= 0.3 is 0 Å². The molecule has 1 aromatic carbocycles. The van der Waals surface area contributed by atoms with Crippen molar-refractivity contribution in [2.45, 2.75) is 33.6 Å². The number of fused-ring (bicyclic) bond motifs is 1. The van der Waals surface area contributed by atoms with E-state index < -0.39 is 38.7 Å². The topological polar surface area (TPSA) is 108 Å². The second-order valence-electron chi connectivity index (χ2n) is 7.26. The number of hydrogen-bond donors (Lipinski definition) is 2. The molecule has 8 nitrogen and oxygen atoms in total. The lowest BCUT2D eigenvalue weighted by Crippen LogP contribution is -2.22. The summed E-state index contributed by atoms with van der Waals surface area (Å²) >= 11 is 0. The molecule has 0 saturated carbocycles. The van der Waals surface area contributed by atoms with Gasteiger partial charge in [0.25, 0.3) is 0 Å². The zero-order chi connectivity index (χ0) is 23.5. The van der Waals surface area contributed by atoms with Gasteiger partial charge in [-0.25, -0.2) is 22.2 Å². The van der Waals surface area contributed by atoms with Crippen molar-refractivity contribution in [1.29, 1.82) is 0 Å². The number of pyridine rings is 1. The van der Waals surface area contributed by atoms with Crippen LogP contribution >= 0.6 is 0 Å². The number of benzene rings is 1. The summed E-state index contributed by atoms with van der Waals surface area (Å²) in [5, 5.41) is 7.80. The molecule has 3 aromatic rings. The number of carbonyl (C=O) groups excluding carboxylic acids is 1. The van der Waals surface area contributed by atoms with Gasteiger partial charge in [-0.2, -0.15) is 5.10 Å². The Morgan fingerprint density at radius 2 is 1.91 bits per heavy atom. The number of carbonyl (C=O) groups is 1. The van der Waals surface area contributed by atoms with Crippen molar-refractivity contribution in [3.8, 4) is 0 Å². The highest BCUT2D eigenvalue weighted by atomic mass is 32.2. The van der Waals surface area contributed by atoms with Crippen LogP contribution in [0.2, 0.25) is 0 Å². The summed E-state index contributed by atoms with van der Waals surface area (Å²) in [6.45, 7) is 7.06. The van der Waals surface area contributed by atoms with Gasteiger partial charge in [0.2, 0.25) is 10.0 Å². The zero-order valence-electron chi connectivity index (χ0n) is 18.1. The number of Topliss-reactive ketones (excluding diaryl/α,β-unsaturated/α-hetero) is 1. The molecule has 11 heteroatoms. The Morgan fingerprint density at radius 3 is 2.56 bits per heavy atom. The third kappa shape index (κ3) is 4.87. The number of anilines is 2. The van der Waals surface area contributed by atoms with E-state index in [1.165, 1.54) is 6.20 Å². The van der Waals surface area contributed by atoms with Crippen LogP contribution in [-0.2, 0) is 16.4 Å². The fraction of sp³-hybridized carbons (Fsp3) is 0.381. The smallest absolute Gasteiger partial charge is 0.232 e. The minimum Gasteiger partial charge on any atom is -0.355 e. The molecule has 0 aliphatic rings. The molecule has 2 heterocycles. The van der Waals surface area contributed by atoms with Gasteiger partial charge in [0.05, 0.1) is 22.4 Å².